The van der Waals surface area contributed by atoms with Crippen molar-refractivity contribution in [3.8, 4) is 0 Å². The number of nitrogens with zero attached hydrogens (tertiary/aromatic N) is 2. The molecule has 0 saturated carbocycles. The number of hydrogen-bond acceptors (Lipinski definition) is 5. The first-order valence-electron chi connectivity index (χ1n) is 4.11. The van der Waals surface area contributed by atoms with Gasteiger partial charge in [0.2, 0.25) is 0 Å². The number of hydrogen-bond donors (Lipinski definition) is 1. The smallest absolute Gasteiger partial charge is 0.261 e. The summed E-state index contributed by atoms with van der Waals surface area (Å²) in [4.78, 5) is 7.61. The molecule has 0 aliphatic carbocycles. The SMILES string of the molecule is O=S(=O)(Nc1cnccn1)c1sccc1Br. The van der Waals surface area contributed by atoms with Crippen LogP contribution < -0.4 is 4.72 Å². The van der Waals surface area contributed by atoms with Gasteiger partial charge in [0.1, 0.15) is 0 Å². The van der Waals surface area contributed by atoms with Crippen molar-refractivity contribution in [2.24, 2.45) is 0 Å². The Hall–Kier alpha value is -0.990. The highest BCUT2D eigenvalue weighted by molar-refractivity contribution is 9.10. The summed E-state index contributed by atoms with van der Waals surface area (Å²) in [5.41, 5.74) is 0. The molecule has 8 heteroatoms. The number of rotatable bonds is 3. The Bertz CT molecular complexity index is 582. The molecule has 0 aliphatic heterocycles. The van der Waals surface area contributed by atoms with Gasteiger partial charge in [0.25, 0.3) is 10.0 Å². The van der Waals surface area contributed by atoms with Gasteiger partial charge < -0.3 is 0 Å². The Kier molecular flexibility index (Phi) is 3.22. The largest absolute Gasteiger partial charge is 0.273 e. The number of sulfonamides is 1. The number of aromatic nitrogens is 2. The van der Waals surface area contributed by atoms with E-state index in [0.717, 1.165) is 11.3 Å². The van der Waals surface area contributed by atoms with Gasteiger partial charge in [-0.25, -0.2) is 13.4 Å². The molecule has 0 bridgehead atoms. The fourth-order valence-electron chi connectivity index (χ4n) is 1.01. The van der Waals surface area contributed by atoms with E-state index < -0.39 is 10.0 Å². The zero-order valence-corrected chi connectivity index (χ0v) is 11.0. The summed E-state index contributed by atoms with van der Waals surface area (Å²) in [5, 5.41) is 1.69. The topological polar surface area (TPSA) is 72.0 Å². The average molecular weight is 320 g/mol. The van der Waals surface area contributed by atoms with Crippen molar-refractivity contribution in [1.82, 2.24) is 9.97 Å². The Labute approximate surface area is 105 Å². The fraction of sp³-hybridized carbons (Fsp3) is 0. The van der Waals surface area contributed by atoms with Crippen molar-refractivity contribution in [1.29, 1.82) is 0 Å². The maximum atomic E-state index is 11.9. The molecule has 84 valence electrons. The molecule has 0 atom stereocenters. The van der Waals surface area contributed by atoms with Gasteiger partial charge in [-0.1, -0.05) is 0 Å². The molecule has 0 spiro atoms. The minimum absolute atomic E-state index is 0.197. The zero-order chi connectivity index (χ0) is 11.6. The van der Waals surface area contributed by atoms with Crippen molar-refractivity contribution >= 4 is 43.1 Å². The van der Waals surface area contributed by atoms with E-state index in [9.17, 15) is 8.42 Å². The second-order valence-electron chi connectivity index (χ2n) is 2.75. The molecule has 5 nitrogen and oxygen atoms in total. The third-order valence-electron chi connectivity index (χ3n) is 1.63. The van der Waals surface area contributed by atoms with Gasteiger partial charge in [0, 0.05) is 16.9 Å². The van der Waals surface area contributed by atoms with Crippen LogP contribution in [0.5, 0.6) is 0 Å². The molecule has 2 rings (SSSR count). The van der Waals surface area contributed by atoms with Crippen molar-refractivity contribution in [3.05, 3.63) is 34.5 Å². The van der Waals surface area contributed by atoms with Crippen molar-refractivity contribution < 1.29 is 8.42 Å². The number of thiophene rings is 1. The molecule has 0 amide bonds. The lowest BCUT2D eigenvalue weighted by Gasteiger charge is -2.04. The molecule has 1 N–H and O–H groups in total. The molecule has 0 saturated heterocycles. The van der Waals surface area contributed by atoms with Gasteiger partial charge in [0.05, 0.1) is 6.20 Å². The van der Waals surface area contributed by atoms with Gasteiger partial charge >= 0.3 is 0 Å². The highest BCUT2D eigenvalue weighted by Crippen LogP contribution is 2.28. The van der Waals surface area contributed by atoms with Gasteiger partial charge in [-0.15, -0.1) is 11.3 Å². The molecule has 0 radical (unpaired) electrons. The summed E-state index contributed by atoms with van der Waals surface area (Å²) < 4.78 is 26.9. The average Bonchev–Trinajstić information content (AvgIpc) is 2.66. The van der Waals surface area contributed by atoms with Crippen LogP contribution in [0.4, 0.5) is 5.82 Å². The summed E-state index contributed by atoms with van der Waals surface area (Å²) in [5.74, 6) is 0.197. The van der Waals surface area contributed by atoms with Crippen LogP contribution >= 0.6 is 27.3 Å². The molecule has 0 aromatic carbocycles. The molecule has 2 aromatic heterocycles. The molecule has 0 unspecified atom stereocenters. The number of halogens is 1. The van der Waals surface area contributed by atoms with Crippen LogP contribution in [0, 0.1) is 0 Å². The monoisotopic (exact) mass is 319 g/mol. The normalized spacial score (nSPS) is 11.3. The van der Waals surface area contributed by atoms with E-state index in [1.54, 1.807) is 11.4 Å². The standard InChI is InChI=1S/C8H6BrN3O2S2/c9-6-1-4-15-8(6)16(13,14)12-7-5-10-2-3-11-7/h1-5H,(H,11,12). The highest BCUT2D eigenvalue weighted by Gasteiger charge is 2.19. The van der Waals surface area contributed by atoms with Crippen LogP contribution in [0.25, 0.3) is 0 Å². The predicted octanol–water partition coefficient (Wildman–Crippen LogP) is 2.10. The van der Waals surface area contributed by atoms with E-state index in [-0.39, 0.29) is 10.0 Å². The molecule has 2 heterocycles. The molecule has 0 aliphatic rings. The van der Waals surface area contributed by atoms with Crippen LogP contribution in [0.2, 0.25) is 0 Å². The van der Waals surface area contributed by atoms with E-state index >= 15 is 0 Å². The van der Waals surface area contributed by atoms with E-state index in [1.807, 2.05) is 0 Å². The first kappa shape index (κ1) is 11.5. The van der Waals surface area contributed by atoms with E-state index in [2.05, 4.69) is 30.6 Å². The number of nitrogens with one attached hydrogen (secondary N) is 1. The van der Waals surface area contributed by atoms with Gasteiger partial charge in [-0.05, 0) is 27.4 Å². The summed E-state index contributed by atoms with van der Waals surface area (Å²) in [6.45, 7) is 0. The molecule has 2 aromatic rings. The summed E-state index contributed by atoms with van der Waals surface area (Å²) in [6, 6.07) is 1.68. The van der Waals surface area contributed by atoms with Crippen LogP contribution in [0.1, 0.15) is 0 Å². The van der Waals surface area contributed by atoms with Crippen molar-refractivity contribution in [2.75, 3.05) is 4.72 Å². The Morgan fingerprint density at radius 2 is 2.19 bits per heavy atom. The van der Waals surface area contributed by atoms with Crippen LogP contribution in [0.15, 0.2) is 38.7 Å². The second-order valence-corrected chi connectivity index (χ2v) is 6.40. The summed E-state index contributed by atoms with van der Waals surface area (Å²) in [6.07, 6.45) is 4.24. The quantitative estimate of drug-likeness (QED) is 0.940. The van der Waals surface area contributed by atoms with Crippen molar-refractivity contribution in [2.45, 2.75) is 4.21 Å². The summed E-state index contributed by atoms with van der Waals surface area (Å²) >= 11 is 4.30. The minimum atomic E-state index is -3.58. The van der Waals surface area contributed by atoms with E-state index in [4.69, 9.17) is 0 Å². The lowest BCUT2D eigenvalue weighted by Crippen LogP contribution is -2.13. The molecule has 0 fully saturated rings. The zero-order valence-electron chi connectivity index (χ0n) is 7.79. The minimum Gasteiger partial charge on any atom is -0.261 e. The first-order valence-corrected chi connectivity index (χ1v) is 7.27. The lowest BCUT2D eigenvalue weighted by molar-refractivity contribution is 0.602. The summed E-state index contributed by atoms with van der Waals surface area (Å²) in [7, 11) is -3.58. The van der Waals surface area contributed by atoms with Gasteiger partial charge in [-0.2, -0.15) is 0 Å². The lowest BCUT2D eigenvalue weighted by atomic mass is 10.7. The maximum Gasteiger partial charge on any atom is 0.273 e. The third kappa shape index (κ3) is 2.39. The third-order valence-corrected chi connectivity index (χ3v) is 5.66. The van der Waals surface area contributed by atoms with E-state index in [0.29, 0.717) is 4.47 Å². The Balaban J connectivity index is 2.32. The van der Waals surface area contributed by atoms with Crippen LogP contribution in [-0.2, 0) is 10.0 Å². The highest BCUT2D eigenvalue weighted by atomic mass is 79.9. The van der Waals surface area contributed by atoms with Gasteiger partial charge in [-0.3, -0.25) is 9.71 Å². The van der Waals surface area contributed by atoms with E-state index in [1.165, 1.54) is 18.6 Å². The predicted molar refractivity (Wildman–Crippen MR) is 64.9 cm³/mol. The van der Waals surface area contributed by atoms with Crippen LogP contribution in [0.3, 0.4) is 0 Å². The maximum absolute atomic E-state index is 11.9. The van der Waals surface area contributed by atoms with Crippen molar-refractivity contribution in [3.63, 3.8) is 0 Å². The Morgan fingerprint density at radius 3 is 2.75 bits per heavy atom. The van der Waals surface area contributed by atoms with Crippen LogP contribution in [-0.4, -0.2) is 18.4 Å². The molecular weight excluding hydrogens is 314 g/mol. The van der Waals surface area contributed by atoms with Gasteiger partial charge in [0.15, 0.2) is 10.0 Å². The molecule has 16 heavy (non-hydrogen) atoms. The fourth-order valence-corrected chi connectivity index (χ4v) is 4.34. The molecular formula is C8H6BrN3O2S2. The Morgan fingerprint density at radius 1 is 1.38 bits per heavy atom. The number of anilines is 1. The second kappa shape index (κ2) is 4.48. The first-order chi connectivity index (χ1) is 7.59.